The second-order valence-electron chi connectivity index (χ2n) is 12.1. The molecule has 2 unspecified atom stereocenters. The number of carbonyl (C=O) groups is 3. The van der Waals surface area contributed by atoms with Gasteiger partial charge in [-0.15, -0.1) is 0 Å². The molecule has 4 rings (SSSR count). The lowest BCUT2D eigenvalue weighted by Crippen LogP contribution is -2.58. The number of nitrogens with one attached hydrogen (secondary N) is 2. The van der Waals surface area contributed by atoms with E-state index in [1.165, 1.54) is 0 Å². The normalized spacial score (nSPS) is 15.2. The van der Waals surface area contributed by atoms with Crippen molar-refractivity contribution >= 4 is 34.4 Å². The number of aryl methyl sites for hydroxylation is 1. The van der Waals surface area contributed by atoms with Gasteiger partial charge < -0.3 is 20.3 Å². The summed E-state index contributed by atoms with van der Waals surface area (Å²) < 4.78 is 5.47. The first kappa shape index (κ1) is 29.1. The van der Waals surface area contributed by atoms with E-state index in [1.807, 2.05) is 87.5 Å². The number of benzene rings is 3. The van der Waals surface area contributed by atoms with Gasteiger partial charge >= 0.3 is 6.09 Å². The van der Waals surface area contributed by atoms with Crippen LogP contribution in [0.5, 0.6) is 0 Å². The van der Waals surface area contributed by atoms with Crippen LogP contribution in [-0.4, -0.2) is 40.5 Å². The largest absolute Gasteiger partial charge is 0.444 e. The van der Waals surface area contributed by atoms with E-state index in [4.69, 9.17) is 4.74 Å². The molecule has 40 heavy (non-hydrogen) atoms. The highest BCUT2D eigenvalue weighted by molar-refractivity contribution is 6.00. The average molecular weight is 544 g/mol. The minimum Gasteiger partial charge on any atom is -0.444 e. The van der Waals surface area contributed by atoms with E-state index in [9.17, 15) is 14.4 Å². The van der Waals surface area contributed by atoms with Crippen molar-refractivity contribution in [1.29, 1.82) is 0 Å². The maximum Gasteiger partial charge on any atom is 0.408 e. The van der Waals surface area contributed by atoms with E-state index in [-0.39, 0.29) is 23.8 Å². The van der Waals surface area contributed by atoms with E-state index in [1.54, 1.807) is 25.7 Å². The van der Waals surface area contributed by atoms with Gasteiger partial charge in [-0.3, -0.25) is 9.59 Å². The molecule has 7 heteroatoms. The molecule has 0 heterocycles. The zero-order chi connectivity index (χ0) is 29.0. The number of alkyl carbamates (subject to hydrolysis) is 1. The fourth-order valence-corrected chi connectivity index (χ4v) is 5.05. The predicted octanol–water partition coefficient (Wildman–Crippen LogP) is 6.76. The number of amides is 3. The zero-order valence-corrected chi connectivity index (χ0v) is 24.4. The van der Waals surface area contributed by atoms with Gasteiger partial charge in [0.25, 0.3) is 5.91 Å². The number of hydrogen-bond acceptors (Lipinski definition) is 4. The second-order valence-corrected chi connectivity index (χ2v) is 12.1. The van der Waals surface area contributed by atoms with Gasteiger partial charge in [0.1, 0.15) is 17.7 Å². The highest BCUT2D eigenvalue weighted by Crippen LogP contribution is 2.35. The Hall–Kier alpha value is -3.87. The Morgan fingerprint density at radius 3 is 2.23 bits per heavy atom. The topological polar surface area (TPSA) is 87.7 Å². The van der Waals surface area contributed by atoms with Gasteiger partial charge in [0.05, 0.1) is 0 Å². The van der Waals surface area contributed by atoms with Gasteiger partial charge in [0.2, 0.25) is 5.91 Å². The second kappa shape index (κ2) is 12.1. The van der Waals surface area contributed by atoms with Crippen LogP contribution in [0.3, 0.4) is 0 Å². The van der Waals surface area contributed by atoms with Crippen molar-refractivity contribution in [2.75, 3.05) is 5.32 Å². The molecule has 0 aromatic heterocycles. The lowest BCUT2D eigenvalue weighted by Gasteiger charge is -2.44. The lowest BCUT2D eigenvalue weighted by molar-refractivity contribution is -0.146. The summed E-state index contributed by atoms with van der Waals surface area (Å²) in [5.74, 6) is -0.795. The van der Waals surface area contributed by atoms with Crippen LogP contribution >= 0.6 is 0 Å². The number of fused-ring (bicyclic) bond motifs is 1. The Bertz CT molecular complexity index is 1370. The summed E-state index contributed by atoms with van der Waals surface area (Å²) in [5, 5.41) is 7.98. The molecular weight excluding hydrogens is 502 g/mol. The molecule has 0 saturated heterocycles. The molecule has 0 radical (unpaired) electrons. The fourth-order valence-electron chi connectivity index (χ4n) is 5.05. The van der Waals surface area contributed by atoms with Crippen molar-refractivity contribution in [3.05, 3.63) is 77.9 Å². The third kappa shape index (κ3) is 7.00. The van der Waals surface area contributed by atoms with Gasteiger partial charge in [0, 0.05) is 11.7 Å². The van der Waals surface area contributed by atoms with Crippen LogP contribution in [0, 0.1) is 12.8 Å². The number of carbonyl (C=O) groups excluding carboxylic acids is 3. The number of hydrogen-bond donors (Lipinski definition) is 2. The van der Waals surface area contributed by atoms with E-state index >= 15 is 0 Å². The van der Waals surface area contributed by atoms with Crippen molar-refractivity contribution in [3.8, 4) is 0 Å². The molecule has 2 N–H and O–H groups in total. The first-order valence-electron chi connectivity index (χ1n) is 14.1. The number of nitrogens with zero attached hydrogens (tertiary/aromatic N) is 1. The van der Waals surface area contributed by atoms with Gasteiger partial charge in [-0.05, 0) is 81.3 Å². The maximum atomic E-state index is 14.3. The Kier molecular flexibility index (Phi) is 8.82. The van der Waals surface area contributed by atoms with Crippen LogP contribution in [0.15, 0.2) is 66.7 Å². The van der Waals surface area contributed by atoms with Crippen molar-refractivity contribution in [3.63, 3.8) is 0 Å². The number of anilines is 1. The summed E-state index contributed by atoms with van der Waals surface area (Å²) in [7, 11) is 0. The molecule has 1 fully saturated rings. The standard InChI is InChI=1S/C33H41N3O4/c1-21(2)28(35-32(39)40-33(4,5)6)31(38)36(27-15-10-16-27)29(25-14-9-11-22(3)19-25)30(37)34-26-18-17-23-12-7-8-13-24(23)20-26/h7-9,11-14,17-21,27-29H,10,15-16H2,1-6H3,(H,34,37)(H,35,39). The van der Waals surface area contributed by atoms with Gasteiger partial charge in [-0.1, -0.05) is 74.0 Å². The molecule has 1 aliphatic carbocycles. The minimum absolute atomic E-state index is 0.109. The van der Waals surface area contributed by atoms with E-state index < -0.39 is 23.8 Å². The monoisotopic (exact) mass is 543 g/mol. The fraction of sp³-hybridized carbons (Fsp3) is 0.424. The molecule has 3 aromatic carbocycles. The molecule has 0 bridgehead atoms. The van der Waals surface area contributed by atoms with Crippen molar-refractivity contribution in [1.82, 2.24) is 10.2 Å². The average Bonchev–Trinajstić information content (AvgIpc) is 2.84. The van der Waals surface area contributed by atoms with Crippen molar-refractivity contribution in [2.24, 2.45) is 5.92 Å². The summed E-state index contributed by atoms with van der Waals surface area (Å²) in [4.78, 5) is 42.9. The molecule has 2 atom stereocenters. The van der Waals surface area contributed by atoms with Crippen LogP contribution < -0.4 is 10.6 Å². The molecular formula is C33H41N3O4. The lowest BCUT2D eigenvalue weighted by atomic mass is 9.87. The zero-order valence-electron chi connectivity index (χ0n) is 24.4. The van der Waals surface area contributed by atoms with E-state index in [0.717, 1.165) is 41.2 Å². The quantitative estimate of drug-likeness (QED) is 0.329. The Morgan fingerprint density at radius 1 is 0.925 bits per heavy atom. The van der Waals surface area contributed by atoms with E-state index in [2.05, 4.69) is 10.6 Å². The molecule has 1 saturated carbocycles. The number of ether oxygens (including phenoxy) is 1. The van der Waals surface area contributed by atoms with Crippen LogP contribution in [0.25, 0.3) is 10.8 Å². The summed E-state index contributed by atoms with van der Waals surface area (Å²) in [6.45, 7) is 11.1. The van der Waals surface area contributed by atoms with Gasteiger partial charge in [-0.2, -0.15) is 0 Å². The Labute approximate surface area is 237 Å². The van der Waals surface area contributed by atoms with Crippen LogP contribution in [0.1, 0.15) is 71.0 Å². The van der Waals surface area contributed by atoms with Gasteiger partial charge in [0.15, 0.2) is 0 Å². The first-order valence-corrected chi connectivity index (χ1v) is 14.1. The first-order chi connectivity index (χ1) is 18.9. The van der Waals surface area contributed by atoms with Crippen LogP contribution in [-0.2, 0) is 14.3 Å². The molecule has 3 amide bonds. The van der Waals surface area contributed by atoms with Crippen molar-refractivity contribution < 1.29 is 19.1 Å². The molecule has 212 valence electrons. The summed E-state index contributed by atoms with van der Waals surface area (Å²) in [5.41, 5.74) is 1.69. The minimum atomic E-state index is -0.870. The van der Waals surface area contributed by atoms with Crippen LogP contribution in [0.2, 0.25) is 0 Å². The molecule has 3 aromatic rings. The summed E-state index contributed by atoms with van der Waals surface area (Å²) in [6.07, 6.45) is 1.93. The molecule has 1 aliphatic rings. The third-order valence-electron chi connectivity index (χ3n) is 7.23. The third-order valence-corrected chi connectivity index (χ3v) is 7.23. The Morgan fingerprint density at radius 2 is 1.62 bits per heavy atom. The Balaban J connectivity index is 1.71. The van der Waals surface area contributed by atoms with Crippen LogP contribution in [0.4, 0.5) is 10.5 Å². The maximum absolute atomic E-state index is 14.3. The molecule has 0 spiro atoms. The molecule has 0 aliphatic heterocycles. The summed E-state index contributed by atoms with van der Waals surface area (Å²) in [6, 6.07) is 19.7. The SMILES string of the molecule is Cc1cccc(C(C(=O)Nc2ccc3ccccc3c2)N(C(=O)C(NC(=O)OC(C)(C)C)C(C)C)C2CCC2)c1. The predicted molar refractivity (Wildman–Crippen MR) is 159 cm³/mol. The van der Waals surface area contributed by atoms with Gasteiger partial charge in [-0.25, -0.2) is 4.79 Å². The van der Waals surface area contributed by atoms with Crippen molar-refractivity contribution in [2.45, 2.75) is 84.5 Å². The number of rotatable bonds is 8. The highest BCUT2D eigenvalue weighted by Gasteiger charge is 2.42. The highest BCUT2D eigenvalue weighted by atomic mass is 16.6. The molecule has 7 nitrogen and oxygen atoms in total. The van der Waals surface area contributed by atoms with E-state index in [0.29, 0.717) is 5.69 Å². The summed E-state index contributed by atoms with van der Waals surface area (Å²) >= 11 is 0. The smallest absolute Gasteiger partial charge is 0.408 e.